The van der Waals surface area contributed by atoms with Crippen molar-refractivity contribution in [2.75, 3.05) is 19.5 Å². The molecule has 9 heteroatoms. The van der Waals surface area contributed by atoms with Crippen molar-refractivity contribution in [1.29, 1.82) is 5.26 Å². The van der Waals surface area contributed by atoms with Gasteiger partial charge in [0.1, 0.15) is 11.6 Å². The highest BCUT2D eigenvalue weighted by atomic mass is 79.9. The second-order valence-electron chi connectivity index (χ2n) is 5.43. The van der Waals surface area contributed by atoms with Gasteiger partial charge in [0.2, 0.25) is 0 Å². The van der Waals surface area contributed by atoms with Crippen molar-refractivity contribution in [1.82, 2.24) is 0 Å². The first-order valence-corrected chi connectivity index (χ1v) is 8.50. The summed E-state index contributed by atoms with van der Waals surface area (Å²) < 4.78 is 49.2. The zero-order chi connectivity index (χ0) is 20.9. The molecule has 0 aliphatic heterocycles. The molecule has 0 saturated heterocycles. The molecule has 0 heterocycles. The fourth-order valence-electron chi connectivity index (χ4n) is 2.26. The van der Waals surface area contributed by atoms with Crippen molar-refractivity contribution in [2.24, 2.45) is 0 Å². The SMILES string of the molecule is COc1cc(Br)c(/C=C(\C#N)C(=O)Nc2cccc(C(F)(F)F)c2)cc1OC. The highest BCUT2D eigenvalue weighted by Gasteiger charge is 2.30. The van der Waals surface area contributed by atoms with Gasteiger partial charge >= 0.3 is 6.18 Å². The van der Waals surface area contributed by atoms with Crippen molar-refractivity contribution in [3.63, 3.8) is 0 Å². The van der Waals surface area contributed by atoms with Gasteiger partial charge in [-0.1, -0.05) is 22.0 Å². The van der Waals surface area contributed by atoms with Crippen LogP contribution in [0, 0.1) is 11.3 Å². The maximum Gasteiger partial charge on any atom is 0.416 e. The van der Waals surface area contributed by atoms with E-state index < -0.39 is 17.6 Å². The van der Waals surface area contributed by atoms with Gasteiger partial charge in [-0.25, -0.2) is 0 Å². The first-order chi connectivity index (χ1) is 13.2. The number of anilines is 1. The van der Waals surface area contributed by atoms with Crippen LogP contribution in [0.2, 0.25) is 0 Å². The monoisotopic (exact) mass is 454 g/mol. The van der Waals surface area contributed by atoms with Gasteiger partial charge in [0.25, 0.3) is 5.91 Å². The molecule has 146 valence electrons. The van der Waals surface area contributed by atoms with Crippen molar-refractivity contribution < 1.29 is 27.4 Å². The van der Waals surface area contributed by atoms with Crippen LogP contribution in [0.25, 0.3) is 6.08 Å². The zero-order valence-electron chi connectivity index (χ0n) is 14.7. The van der Waals surface area contributed by atoms with Gasteiger partial charge in [0.15, 0.2) is 11.5 Å². The maximum absolute atomic E-state index is 12.8. The molecule has 0 aliphatic rings. The number of nitrogens with one attached hydrogen (secondary N) is 1. The topological polar surface area (TPSA) is 71.3 Å². The van der Waals surface area contributed by atoms with Gasteiger partial charge in [-0.2, -0.15) is 18.4 Å². The van der Waals surface area contributed by atoms with E-state index in [9.17, 15) is 23.2 Å². The maximum atomic E-state index is 12.8. The number of alkyl halides is 3. The third-order valence-electron chi connectivity index (χ3n) is 3.62. The summed E-state index contributed by atoms with van der Waals surface area (Å²) >= 11 is 3.31. The summed E-state index contributed by atoms with van der Waals surface area (Å²) in [5.74, 6) is -0.0190. The summed E-state index contributed by atoms with van der Waals surface area (Å²) in [6.07, 6.45) is -3.26. The molecule has 0 saturated carbocycles. The molecule has 0 fully saturated rings. The lowest BCUT2D eigenvalue weighted by Gasteiger charge is -2.11. The fourth-order valence-corrected chi connectivity index (χ4v) is 2.69. The molecule has 0 radical (unpaired) electrons. The molecule has 0 atom stereocenters. The van der Waals surface area contributed by atoms with Crippen LogP contribution in [-0.2, 0) is 11.0 Å². The first-order valence-electron chi connectivity index (χ1n) is 7.71. The number of nitriles is 1. The predicted octanol–water partition coefficient (Wildman–Crippen LogP) is 5.03. The lowest BCUT2D eigenvalue weighted by atomic mass is 10.1. The van der Waals surface area contributed by atoms with Gasteiger partial charge in [-0.15, -0.1) is 0 Å². The zero-order valence-corrected chi connectivity index (χ0v) is 16.3. The summed E-state index contributed by atoms with van der Waals surface area (Å²) in [6, 6.07) is 9.04. The second kappa shape index (κ2) is 8.80. The highest BCUT2D eigenvalue weighted by molar-refractivity contribution is 9.10. The molecule has 5 nitrogen and oxygen atoms in total. The Morgan fingerprint density at radius 1 is 1.18 bits per heavy atom. The number of halogens is 4. The standard InChI is InChI=1S/C19H14BrF3N2O3/c1-27-16-7-11(15(20)9-17(16)28-2)6-12(10-24)18(26)25-14-5-3-4-13(8-14)19(21,22)23/h3-9H,1-2H3,(H,25,26)/b12-6+. The molecule has 0 unspecified atom stereocenters. The minimum absolute atomic E-state index is 0.0765. The minimum Gasteiger partial charge on any atom is -0.493 e. The van der Waals surface area contributed by atoms with Gasteiger partial charge in [0, 0.05) is 10.2 Å². The molecule has 0 aromatic heterocycles. The van der Waals surface area contributed by atoms with Crippen LogP contribution in [0.5, 0.6) is 11.5 Å². The Morgan fingerprint density at radius 3 is 2.39 bits per heavy atom. The van der Waals surface area contributed by atoms with Crippen molar-refractivity contribution in [3.8, 4) is 17.6 Å². The number of carbonyl (C=O) groups excluding carboxylic acids is 1. The average molecular weight is 455 g/mol. The molecular weight excluding hydrogens is 441 g/mol. The van der Waals surface area contributed by atoms with Crippen LogP contribution in [-0.4, -0.2) is 20.1 Å². The first kappa shape index (κ1) is 21.3. The van der Waals surface area contributed by atoms with E-state index in [0.29, 0.717) is 21.5 Å². The lowest BCUT2D eigenvalue weighted by Crippen LogP contribution is -2.14. The molecule has 0 spiro atoms. The van der Waals surface area contributed by atoms with Crippen LogP contribution in [0.4, 0.5) is 18.9 Å². The number of nitrogens with zero attached hydrogens (tertiary/aromatic N) is 1. The predicted molar refractivity (Wildman–Crippen MR) is 101 cm³/mol. The Hall–Kier alpha value is -2.99. The van der Waals surface area contributed by atoms with Crippen LogP contribution in [0.3, 0.4) is 0 Å². The number of methoxy groups -OCH3 is 2. The van der Waals surface area contributed by atoms with E-state index in [1.54, 1.807) is 18.2 Å². The molecule has 0 aliphatic carbocycles. The van der Waals surface area contributed by atoms with Gasteiger partial charge in [-0.3, -0.25) is 4.79 Å². The van der Waals surface area contributed by atoms with E-state index in [1.807, 2.05) is 0 Å². The van der Waals surface area contributed by atoms with Crippen LogP contribution >= 0.6 is 15.9 Å². The van der Waals surface area contributed by atoms with E-state index in [1.165, 1.54) is 32.4 Å². The van der Waals surface area contributed by atoms with Crippen molar-refractivity contribution >= 4 is 33.6 Å². The van der Waals surface area contributed by atoms with E-state index in [4.69, 9.17) is 9.47 Å². The molecule has 2 rings (SSSR count). The van der Waals surface area contributed by atoms with Gasteiger partial charge in [-0.05, 0) is 42.0 Å². The normalized spacial score (nSPS) is 11.5. The average Bonchev–Trinajstić information content (AvgIpc) is 2.66. The van der Waals surface area contributed by atoms with E-state index >= 15 is 0 Å². The molecular formula is C19H14BrF3N2O3. The minimum atomic E-state index is -4.54. The van der Waals surface area contributed by atoms with Crippen LogP contribution in [0.15, 0.2) is 46.4 Å². The number of carbonyl (C=O) groups is 1. The Morgan fingerprint density at radius 2 is 1.82 bits per heavy atom. The van der Waals surface area contributed by atoms with E-state index in [0.717, 1.165) is 12.1 Å². The molecule has 28 heavy (non-hydrogen) atoms. The Labute approximate surface area is 167 Å². The van der Waals surface area contributed by atoms with E-state index in [-0.39, 0.29) is 11.3 Å². The summed E-state index contributed by atoms with van der Waals surface area (Å²) in [5, 5.41) is 11.6. The van der Waals surface area contributed by atoms with Gasteiger partial charge < -0.3 is 14.8 Å². The molecule has 2 aromatic rings. The number of ether oxygens (including phenoxy) is 2. The highest BCUT2D eigenvalue weighted by Crippen LogP contribution is 2.34. The summed E-state index contributed by atoms with van der Waals surface area (Å²) in [7, 11) is 2.90. The third kappa shape index (κ3) is 5.04. The number of rotatable bonds is 5. The molecule has 1 amide bonds. The number of benzene rings is 2. The van der Waals surface area contributed by atoms with Gasteiger partial charge in [0.05, 0.1) is 19.8 Å². The molecule has 1 N–H and O–H groups in total. The number of hydrogen-bond acceptors (Lipinski definition) is 4. The van der Waals surface area contributed by atoms with E-state index in [2.05, 4.69) is 21.2 Å². The number of amides is 1. The van der Waals surface area contributed by atoms with Crippen LogP contribution in [0.1, 0.15) is 11.1 Å². The second-order valence-corrected chi connectivity index (χ2v) is 6.29. The lowest BCUT2D eigenvalue weighted by molar-refractivity contribution is -0.137. The Kier molecular flexibility index (Phi) is 6.70. The Bertz CT molecular complexity index is 966. The van der Waals surface area contributed by atoms with Crippen molar-refractivity contribution in [2.45, 2.75) is 6.18 Å². The third-order valence-corrected chi connectivity index (χ3v) is 4.30. The summed E-state index contributed by atoms with van der Waals surface area (Å²) in [4.78, 5) is 12.3. The van der Waals surface area contributed by atoms with Crippen molar-refractivity contribution in [3.05, 3.63) is 57.6 Å². The fraction of sp³-hybridized carbons (Fsp3) is 0.158. The smallest absolute Gasteiger partial charge is 0.416 e. The summed E-state index contributed by atoms with van der Waals surface area (Å²) in [5.41, 5.74) is -0.832. The quantitative estimate of drug-likeness (QED) is 0.507. The Balaban J connectivity index is 2.33. The molecule has 0 bridgehead atoms. The largest absolute Gasteiger partial charge is 0.493 e. The van der Waals surface area contributed by atoms with Crippen LogP contribution < -0.4 is 14.8 Å². The molecule has 2 aromatic carbocycles. The number of hydrogen-bond donors (Lipinski definition) is 1. The summed E-state index contributed by atoms with van der Waals surface area (Å²) in [6.45, 7) is 0.